The first kappa shape index (κ1) is 15.4. The van der Waals surface area contributed by atoms with E-state index in [2.05, 4.69) is 34.6 Å². The van der Waals surface area contributed by atoms with Gasteiger partial charge in [0.25, 0.3) is 0 Å². The Bertz CT molecular complexity index is 749. The second-order valence-electron chi connectivity index (χ2n) is 5.43. The zero-order valence-corrected chi connectivity index (χ0v) is 13.7. The van der Waals surface area contributed by atoms with Gasteiger partial charge in [0.2, 0.25) is 11.7 Å². The van der Waals surface area contributed by atoms with Crippen molar-refractivity contribution in [3.63, 3.8) is 0 Å². The van der Waals surface area contributed by atoms with Crippen molar-refractivity contribution in [1.82, 2.24) is 25.5 Å². The van der Waals surface area contributed by atoms with E-state index in [1.165, 1.54) is 11.1 Å². The summed E-state index contributed by atoms with van der Waals surface area (Å²) in [6.07, 6.45) is 1.54. The highest BCUT2D eigenvalue weighted by molar-refractivity contribution is 7.10. The number of amides is 1. The van der Waals surface area contributed by atoms with Crippen LogP contribution in [-0.2, 0) is 11.3 Å². The first-order chi connectivity index (χ1) is 11.1. The topological polar surface area (TPSA) is 85.8 Å². The molecule has 23 heavy (non-hydrogen) atoms. The molecule has 3 aromatic heterocycles. The molecule has 3 heterocycles. The molecule has 0 aliphatic rings. The van der Waals surface area contributed by atoms with Gasteiger partial charge < -0.3 is 9.73 Å². The SMILES string of the molecule is CC(C)[C@@H](NC(=O)Cn1nnc(-c2ccco2)n1)c1cccs1. The first-order valence-electron chi connectivity index (χ1n) is 7.28. The molecule has 0 spiro atoms. The highest BCUT2D eigenvalue weighted by Crippen LogP contribution is 2.25. The van der Waals surface area contributed by atoms with E-state index in [1.807, 2.05) is 17.5 Å². The Morgan fingerprint density at radius 2 is 2.26 bits per heavy atom. The lowest BCUT2D eigenvalue weighted by Gasteiger charge is -2.21. The smallest absolute Gasteiger partial charge is 0.244 e. The second-order valence-corrected chi connectivity index (χ2v) is 6.40. The summed E-state index contributed by atoms with van der Waals surface area (Å²) in [7, 11) is 0. The normalized spacial score (nSPS) is 12.5. The fraction of sp³-hybridized carbons (Fsp3) is 0.333. The Hall–Kier alpha value is -2.48. The third-order valence-corrected chi connectivity index (χ3v) is 4.27. The van der Waals surface area contributed by atoms with E-state index in [4.69, 9.17) is 4.42 Å². The van der Waals surface area contributed by atoms with Crippen LogP contribution in [0.4, 0.5) is 0 Å². The summed E-state index contributed by atoms with van der Waals surface area (Å²) in [4.78, 5) is 14.7. The van der Waals surface area contributed by atoms with Gasteiger partial charge in [-0.05, 0) is 34.7 Å². The molecule has 0 bridgehead atoms. The molecule has 120 valence electrons. The van der Waals surface area contributed by atoms with Gasteiger partial charge in [-0.15, -0.1) is 21.5 Å². The molecule has 1 amide bonds. The molecular weight excluding hydrogens is 314 g/mol. The van der Waals surface area contributed by atoms with Crippen LogP contribution in [-0.4, -0.2) is 26.1 Å². The average Bonchev–Trinajstić information content (AvgIpc) is 3.25. The summed E-state index contributed by atoms with van der Waals surface area (Å²) < 4.78 is 5.21. The lowest BCUT2D eigenvalue weighted by Crippen LogP contribution is -2.34. The Balaban J connectivity index is 1.65. The molecule has 0 saturated heterocycles. The van der Waals surface area contributed by atoms with Gasteiger partial charge >= 0.3 is 0 Å². The maximum absolute atomic E-state index is 12.3. The van der Waals surface area contributed by atoms with Gasteiger partial charge in [-0.25, -0.2) is 0 Å². The van der Waals surface area contributed by atoms with Crippen molar-refractivity contribution in [3.05, 3.63) is 40.8 Å². The van der Waals surface area contributed by atoms with E-state index in [1.54, 1.807) is 23.5 Å². The molecular formula is C15H17N5O2S. The van der Waals surface area contributed by atoms with Gasteiger partial charge in [0.1, 0.15) is 6.54 Å². The minimum atomic E-state index is -0.152. The molecule has 1 N–H and O–H groups in total. The maximum Gasteiger partial charge on any atom is 0.244 e. The minimum absolute atomic E-state index is 0.0162. The molecule has 0 aliphatic heterocycles. The maximum atomic E-state index is 12.3. The van der Waals surface area contributed by atoms with Gasteiger partial charge in [-0.3, -0.25) is 4.79 Å². The van der Waals surface area contributed by atoms with Crippen LogP contribution in [0.2, 0.25) is 0 Å². The van der Waals surface area contributed by atoms with E-state index < -0.39 is 0 Å². The number of carbonyl (C=O) groups is 1. The van der Waals surface area contributed by atoms with Crippen molar-refractivity contribution in [3.8, 4) is 11.6 Å². The van der Waals surface area contributed by atoms with E-state index in [0.717, 1.165) is 4.88 Å². The molecule has 0 aromatic carbocycles. The largest absolute Gasteiger partial charge is 0.461 e. The molecule has 0 fully saturated rings. The molecule has 0 saturated carbocycles. The molecule has 8 heteroatoms. The van der Waals surface area contributed by atoms with Gasteiger partial charge in [-0.1, -0.05) is 19.9 Å². The third-order valence-electron chi connectivity index (χ3n) is 3.31. The number of hydrogen-bond donors (Lipinski definition) is 1. The highest BCUT2D eigenvalue weighted by Gasteiger charge is 2.20. The number of carbonyl (C=O) groups excluding carboxylic acids is 1. The summed E-state index contributed by atoms with van der Waals surface area (Å²) in [6, 6.07) is 7.48. The van der Waals surface area contributed by atoms with Crippen molar-refractivity contribution in [2.24, 2.45) is 5.92 Å². The zero-order valence-electron chi connectivity index (χ0n) is 12.8. The molecule has 0 aliphatic carbocycles. The molecule has 7 nitrogen and oxygen atoms in total. The molecule has 0 radical (unpaired) electrons. The van der Waals surface area contributed by atoms with Crippen LogP contribution in [0.25, 0.3) is 11.6 Å². The number of furan rings is 1. The number of tetrazole rings is 1. The molecule has 0 unspecified atom stereocenters. The van der Waals surface area contributed by atoms with Crippen LogP contribution in [0.1, 0.15) is 24.8 Å². The predicted molar refractivity (Wildman–Crippen MR) is 85.6 cm³/mol. The average molecular weight is 331 g/mol. The van der Waals surface area contributed by atoms with Gasteiger partial charge in [0, 0.05) is 4.88 Å². The number of hydrogen-bond acceptors (Lipinski definition) is 6. The number of rotatable bonds is 6. The lowest BCUT2D eigenvalue weighted by molar-refractivity contribution is -0.123. The highest BCUT2D eigenvalue weighted by atomic mass is 32.1. The zero-order chi connectivity index (χ0) is 16.2. The molecule has 3 rings (SSSR count). The van der Waals surface area contributed by atoms with Crippen molar-refractivity contribution < 1.29 is 9.21 Å². The summed E-state index contributed by atoms with van der Waals surface area (Å²) in [6.45, 7) is 4.17. The third kappa shape index (κ3) is 3.65. The minimum Gasteiger partial charge on any atom is -0.461 e. The van der Waals surface area contributed by atoms with Crippen molar-refractivity contribution >= 4 is 17.2 Å². The van der Waals surface area contributed by atoms with E-state index in [9.17, 15) is 4.79 Å². The fourth-order valence-corrected chi connectivity index (χ4v) is 3.15. The first-order valence-corrected chi connectivity index (χ1v) is 8.16. The Morgan fingerprint density at radius 1 is 1.39 bits per heavy atom. The summed E-state index contributed by atoms with van der Waals surface area (Å²) in [5.41, 5.74) is 0. The summed E-state index contributed by atoms with van der Waals surface area (Å²) in [5, 5.41) is 17.0. The Morgan fingerprint density at radius 3 is 2.91 bits per heavy atom. The second kappa shape index (κ2) is 6.74. The van der Waals surface area contributed by atoms with Crippen LogP contribution in [0, 0.1) is 5.92 Å². The van der Waals surface area contributed by atoms with E-state index in [0.29, 0.717) is 17.5 Å². The summed E-state index contributed by atoms with van der Waals surface area (Å²) >= 11 is 1.63. The Labute approximate surface area is 137 Å². The fourth-order valence-electron chi connectivity index (χ4n) is 2.20. The predicted octanol–water partition coefficient (Wildman–Crippen LogP) is 2.51. The number of aromatic nitrogens is 4. The van der Waals surface area contributed by atoms with Gasteiger partial charge in [0.05, 0.1) is 12.3 Å². The van der Waals surface area contributed by atoms with Crippen molar-refractivity contribution in [2.75, 3.05) is 0 Å². The van der Waals surface area contributed by atoms with E-state index in [-0.39, 0.29) is 18.5 Å². The van der Waals surface area contributed by atoms with Crippen LogP contribution >= 0.6 is 11.3 Å². The van der Waals surface area contributed by atoms with Gasteiger partial charge in [0.15, 0.2) is 5.76 Å². The number of nitrogens with zero attached hydrogens (tertiary/aromatic N) is 4. The van der Waals surface area contributed by atoms with Crippen LogP contribution in [0.3, 0.4) is 0 Å². The van der Waals surface area contributed by atoms with Crippen molar-refractivity contribution in [1.29, 1.82) is 0 Å². The summed E-state index contributed by atoms with van der Waals surface area (Å²) in [5.74, 6) is 1.03. The number of nitrogens with one attached hydrogen (secondary N) is 1. The molecule has 1 atom stereocenters. The lowest BCUT2D eigenvalue weighted by atomic mass is 10.0. The van der Waals surface area contributed by atoms with Crippen LogP contribution in [0.15, 0.2) is 40.3 Å². The molecule has 3 aromatic rings. The quantitative estimate of drug-likeness (QED) is 0.750. The van der Waals surface area contributed by atoms with Crippen molar-refractivity contribution in [2.45, 2.75) is 26.4 Å². The standard InChI is InChI=1S/C15H17N5O2S/c1-10(2)14(12-6-4-8-23-12)16-13(21)9-20-18-15(17-19-20)11-5-3-7-22-11/h3-8,10,14H,9H2,1-2H3,(H,16,21)/t14-/m1/s1. The van der Waals surface area contributed by atoms with E-state index >= 15 is 0 Å². The monoisotopic (exact) mass is 331 g/mol. The van der Waals surface area contributed by atoms with Crippen LogP contribution < -0.4 is 5.32 Å². The van der Waals surface area contributed by atoms with Crippen LogP contribution in [0.5, 0.6) is 0 Å². The Kier molecular flexibility index (Phi) is 4.52. The van der Waals surface area contributed by atoms with Gasteiger partial charge in [-0.2, -0.15) is 4.80 Å². The number of thiophene rings is 1.